The number of rotatable bonds is 4. The lowest BCUT2D eigenvalue weighted by atomic mass is 9.33. The highest BCUT2D eigenvalue weighted by molar-refractivity contribution is 6.45. The Balaban J connectivity index is 2.60. The average Bonchev–Trinajstić information content (AvgIpc) is 2.47. The molecular formula is C16H22B3NO2. The van der Waals surface area contributed by atoms with E-state index in [4.69, 9.17) is 23.5 Å². The molecule has 0 aromatic heterocycles. The van der Waals surface area contributed by atoms with Gasteiger partial charge in [0.15, 0.2) is 0 Å². The van der Waals surface area contributed by atoms with Crippen molar-refractivity contribution in [3.63, 3.8) is 0 Å². The van der Waals surface area contributed by atoms with Gasteiger partial charge in [0.05, 0.1) is 29.1 Å². The van der Waals surface area contributed by atoms with E-state index in [9.17, 15) is 10.2 Å². The van der Waals surface area contributed by atoms with Crippen molar-refractivity contribution in [1.29, 1.82) is 0 Å². The number of nitrogens with zero attached hydrogens (tertiary/aromatic N) is 1. The van der Waals surface area contributed by atoms with E-state index < -0.39 is 16.3 Å². The predicted octanol–water partition coefficient (Wildman–Crippen LogP) is 1.00. The Hall–Kier alpha value is -0.865. The first-order chi connectivity index (χ1) is 10.1. The number of phenols is 1. The zero-order chi connectivity index (χ0) is 16.6. The molecule has 1 fully saturated rings. The molecule has 0 heterocycles. The molecule has 1 unspecified atom stereocenters. The Bertz CT molecular complexity index is 513. The Kier molecular flexibility index (Phi) is 4.75. The highest BCUT2D eigenvalue weighted by atomic mass is 16.3. The van der Waals surface area contributed by atoms with Crippen LogP contribution in [0.1, 0.15) is 37.7 Å². The molecule has 0 aliphatic heterocycles. The fourth-order valence-electron chi connectivity index (χ4n) is 3.48. The molecule has 6 heteroatoms. The zero-order valence-corrected chi connectivity index (χ0v) is 13.4. The van der Waals surface area contributed by atoms with Crippen LogP contribution in [0.15, 0.2) is 24.3 Å². The fourth-order valence-corrected chi connectivity index (χ4v) is 3.48. The number of aromatic hydroxyl groups is 1. The van der Waals surface area contributed by atoms with Crippen LogP contribution in [0, 0.1) is 0 Å². The van der Waals surface area contributed by atoms with Gasteiger partial charge in [-0.05, 0) is 55.3 Å². The first-order valence-corrected chi connectivity index (χ1v) is 7.71. The van der Waals surface area contributed by atoms with Gasteiger partial charge in [0.2, 0.25) is 0 Å². The van der Waals surface area contributed by atoms with Gasteiger partial charge < -0.3 is 15.1 Å². The first-order valence-electron chi connectivity index (χ1n) is 7.71. The molecule has 6 radical (unpaired) electrons. The summed E-state index contributed by atoms with van der Waals surface area (Å²) in [6.45, 7) is 0. The maximum atomic E-state index is 11.3. The molecule has 0 bridgehead atoms. The predicted molar refractivity (Wildman–Crippen MR) is 91.5 cm³/mol. The third kappa shape index (κ3) is 2.61. The van der Waals surface area contributed by atoms with E-state index >= 15 is 0 Å². The second kappa shape index (κ2) is 5.97. The van der Waals surface area contributed by atoms with Gasteiger partial charge in [-0.1, -0.05) is 31.4 Å². The number of aliphatic hydroxyl groups is 1. The number of likely N-dealkylation sites (N-methyl/N-ethyl adjacent to an activating group) is 1. The first kappa shape index (κ1) is 17.5. The van der Waals surface area contributed by atoms with Crippen LogP contribution in [0.5, 0.6) is 5.75 Å². The van der Waals surface area contributed by atoms with Gasteiger partial charge in [-0.2, -0.15) is 0 Å². The quantitative estimate of drug-likeness (QED) is 0.814. The fraction of sp³-hybridized carbons (Fsp3) is 0.625. The normalized spacial score (nSPS) is 21.5. The third-order valence-corrected chi connectivity index (χ3v) is 5.11. The Labute approximate surface area is 137 Å². The molecule has 1 saturated carbocycles. The van der Waals surface area contributed by atoms with Crippen LogP contribution >= 0.6 is 0 Å². The van der Waals surface area contributed by atoms with Gasteiger partial charge >= 0.3 is 0 Å². The smallest absolute Gasteiger partial charge is 0.115 e. The summed E-state index contributed by atoms with van der Waals surface area (Å²) in [7, 11) is 23.0. The van der Waals surface area contributed by atoms with Crippen molar-refractivity contribution in [2.45, 2.75) is 48.4 Å². The Morgan fingerprint density at radius 2 is 1.50 bits per heavy atom. The molecule has 0 saturated heterocycles. The van der Waals surface area contributed by atoms with E-state index in [1.54, 1.807) is 31.1 Å². The van der Waals surface area contributed by atoms with Crippen molar-refractivity contribution in [3.8, 4) is 5.75 Å². The molecule has 2 rings (SSSR count). The van der Waals surface area contributed by atoms with Gasteiger partial charge in [-0.25, -0.2) is 0 Å². The minimum atomic E-state index is -1.45. The van der Waals surface area contributed by atoms with Crippen LogP contribution in [-0.2, 0) is 5.31 Å². The molecule has 3 nitrogen and oxygen atoms in total. The van der Waals surface area contributed by atoms with Crippen LogP contribution in [0.25, 0.3) is 0 Å². The molecule has 1 aromatic rings. The summed E-state index contributed by atoms with van der Waals surface area (Å²) in [5.74, 6) is 0.131. The highest BCUT2D eigenvalue weighted by Crippen LogP contribution is 2.48. The van der Waals surface area contributed by atoms with Gasteiger partial charge in [-0.15, -0.1) is 0 Å². The summed E-state index contributed by atoms with van der Waals surface area (Å²) in [6, 6.07) is 6.43. The molecule has 112 valence electrons. The lowest BCUT2D eigenvalue weighted by Gasteiger charge is -2.60. The molecule has 2 N–H and O–H groups in total. The molecule has 1 aromatic carbocycles. The lowest BCUT2D eigenvalue weighted by molar-refractivity contribution is -0.0575. The average molecular weight is 293 g/mol. The van der Waals surface area contributed by atoms with Crippen LogP contribution in [0.4, 0.5) is 0 Å². The van der Waals surface area contributed by atoms with E-state index in [1.807, 2.05) is 0 Å². The summed E-state index contributed by atoms with van der Waals surface area (Å²) < 4.78 is 0. The monoisotopic (exact) mass is 293 g/mol. The number of hydrogen-bond donors (Lipinski definition) is 2. The minimum Gasteiger partial charge on any atom is -0.508 e. The maximum Gasteiger partial charge on any atom is 0.115 e. The molecule has 1 atom stereocenters. The van der Waals surface area contributed by atoms with E-state index in [-0.39, 0.29) is 5.75 Å². The van der Waals surface area contributed by atoms with Gasteiger partial charge in [0.25, 0.3) is 0 Å². The Morgan fingerprint density at radius 1 is 1.00 bits per heavy atom. The van der Waals surface area contributed by atoms with E-state index in [0.717, 1.165) is 19.3 Å². The SMILES string of the molecule is [B]C([B])(N(C)C)C([B])(c1ccc(O)cc1)C1(O)CCCCC1. The van der Waals surface area contributed by atoms with Crippen LogP contribution < -0.4 is 0 Å². The van der Waals surface area contributed by atoms with E-state index in [1.165, 1.54) is 12.1 Å². The number of benzene rings is 1. The largest absolute Gasteiger partial charge is 0.508 e. The summed E-state index contributed by atoms with van der Waals surface area (Å²) >= 11 is 0. The van der Waals surface area contributed by atoms with Crippen LogP contribution in [0.3, 0.4) is 0 Å². The minimum absolute atomic E-state index is 0.131. The molecule has 0 spiro atoms. The summed E-state index contributed by atoms with van der Waals surface area (Å²) in [6.07, 6.45) is 3.94. The molecular weight excluding hydrogens is 271 g/mol. The maximum absolute atomic E-state index is 11.3. The summed E-state index contributed by atoms with van der Waals surface area (Å²) in [5.41, 5.74) is -0.580. The topological polar surface area (TPSA) is 43.7 Å². The lowest BCUT2D eigenvalue weighted by Crippen LogP contribution is -2.71. The molecule has 0 amide bonds. The number of hydrogen-bond acceptors (Lipinski definition) is 3. The van der Waals surface area contributed by atoms with E-state index in [2.05, 4.69) is 0 Å². The van der Waals surface area contributed by atoms with Crippen molar-refractivity contribution < 1.29 is 10.2 Å². The zero-order valence-electron chi connectivity index (χ0n) is 13.4. The van der Waals surface area contributed by atoms with Gasteiger partial charge in [-0.3, -0.25) is 0 Å². The molecule has 1 aliphatic carbocycles. The molecule has 22 heavy (non-hydrogen) atoms. The second-order valence-electron chi connectivity index (χ2n) is 6.67. The number of phenolic OH excluding ortho intramolecular Hbond substituents is 1. The van der Waals surface area contributed by atoms with E-state index in [0.29, 0.717) is 18.4 Å². The second-order valence-corrected chi connectivity index (χ2v) is 6.67. The van der Waals surface area contributed by atoms with Crippen molar-refractivity contribution >= 4 is 23.5 Å². The van der Waals surface area contributed by atoms with Gasteiger partial charge in [0, 0.05) is 0 Å². The standard InChI is InChI=1S/C16H22B3NO2/c1-20(2)16(18,19)15(17,12-6-8-13(21)9-7-12)14(22)10-4-3-5-11-14/h6-9,21-22H,3-5,10-11H2,1-2H3. The van der Waals surface area contributed by atoms with Gasteiger partial charge in [0.1, 0.15) is 5.75 Å². The van der Waals surface area contributed by atoms with Crippen molar-refractivity contribution in [3.05, 3.63) is 29.8 Å². The van der Waals surface area contributed by atoms with Crippen molar-refractivity contribution in [1.82, 2.24) is 4.90 Å². The van der Waals surface area contributed by atoms with Crippen LogP contribution in [0.2, 0.25) is 0 Å². The van der Waals surface area contributed by atoms with Crippen LogP contribution in [-0.4, -0.2) is 63.7 Å². The van der Waals surface area contributed by atoms with Crippen molar-refractivity contribution in [2.75, 3.05) is 14.1 Å². The third-order valence-electron chi connectivity index (χ3n) is 5.11. The highest BCUT2D eigenvalue weighted by Gasteiger charge is 2.55. The summed E-state index contributed by atoms with van der Waals surface area (Å²) in [5, 5.41) is 18.0. The van der Waals surface area contributed by atoms with Crippen molar-refractivity contribution in [2.24, 2.45) is 0 Å². The Morgan fingerprint density at radius 3 is 1.95 bits per heavy atom. The molecule has 1 aliphatic rings. The summed E-state index contributed by atoms with van der Waals surface area (Å²) in [4.78, 5) is 1.63.